The molecule has 0 fully saturated rings. The average molecular weight is 318 g/mol. The zero-order valence-corrected chi connectivity index (χ0v) is 14.3. The quantitative estimate of drug-likeness (QED) is 0.469. The van der Waals surface area contributed by atoms with Gasteiger partial charge in [0.25, 0.3) is 0 Å². The van der Waals surface area contributed by atoms with Crippen molar-refractivity contribution in [3.05, 3.63) is 103 Å². The molecule has 0 aliphatic heterocycles. The summed E-state index contributed by atoms with van der Waals surface area (Å²) in [5.41, 5.74) is 8.89. The van der Waals surface area contributed by atoms with E-state index in [0.29, 0.717) is 0 Å². The van der Waals surface area contributed by atoms with Crippen LogP contribution >= 0.6 is 0 Å². The van der Waals surface area contributed by atoms with Crippen LogP contribution in [0.5, 0.6) is 0 Å². The molecular formula is C24H19B. The smallest absolute Gasteiger partial charge is 0.0877 e. The first-order valence-electron chi connectivity index (χ1n) is 8.64. The third-order valence-corrected chi connectivity index (χ3v) is 4.51. The highest BCUT2D eigenvalue weighted by Crippen LogP contribution is 2.39. The molecule has 0 saturated carbocycles. The number of hydrogen-bond acceptors (Lipinski definition) is 0. The summed E-state index contributed by atoms with van der Waals surface area (Å²) in [6.07, 6.45) is 0. The predicted molar refractivity (Wildman–Crippen MR) is 111 cm³/mol. The Morgan fingerprint density at radius 2 is 0.800 bits per heavy atom. The maximum atomic E-state index is 2.30. The molecule has 0 amide bonds. The van der Waals surface area contributed by atoms with Crippen LogP contribution < -0.4 is 5.46 Å². The Balaban J connectivity index is 2.07. The maximum absolute atomic E-state index is 2.30. The van der Waals surface area contributed by atoms with Crippen molar-refractivity contribution in [3.63, 3.8) is 0 Å². The van der Waals surface area contributed by atoms with Crippen LogP contribution in [0, 0.1) is 0 Å². The SMILES string of the molecule is Bc1cc(-c2ccccc2)c(-c2ccccc2)c(-c2ccccc2)c1. The van der Waals surface area contributed by atoms with E-state index in [4.69, 9.17) is 0 Å². The van der Waals surface area contributed by atoms with E-state index in [0.717, 1.165) is 0 Å². The number of rotatable bonds is 3. The first kappa shape index (κ1) is 15.5. The molecule has 0 aromatic heterocycles. The predicted octanol–water partition coefficient (Wildman–Crippen LogP) is 4.95. The van der Waals surface area contributed by atoms with Crippen molar-refractivity contribution >= 4 is 13.3 Å². The van der Waals surface area contributed by atoms with Gasteiger partial charge in [0.2, 0.25) is 0 Å². The molecular weight excluding hydrogens is 299 g/mol. The Bertz CT molecular complexity index is 914. The van der Waals surface area contributed by atoms with Crippen molar-refractivity contribution in [1.82, 2.24) is 0 Å². The Labute approximate surface area is 150 Å². The second kappa shape index (κ2) is 6.82. The minimum atomic E-state index is 1.25. The zero-order valence-electron chi connectivity index (χ0n) is 14.3. The molecule has 0 N–H and O–H groups in total. The van der Waals surface area contributed by atoms with E-state index >= 15 is 0 Å². The maximum Gasteiger partial charge on any atom is 0.139 e. The normalized spacial score (nSPS) is 10.6. The summed E-state index contributed by atoms with van der Waals surface area (Å²) < 4.78 is 0. The molecule has 0 heterocycles. The van der Waals surface area contributed by atoms with E-state index in [9.17, 15) is 0 Å². The third-order valence-electron chi connectivity index (χ3n) is 4.51. The molecule has 4 aromatic carbocycles. The third kappa shape index (κ3) is 3.14. The molecule has 0 saturated heterocycles. The van der Waals surface area contributed by atoms with Crippen molar-refractivity contribution < 1.29 is 0 Å². The Morgan fingerprint density at radius 1 is 0.440 bits per heavy atom. The molecule has 0 aliphatic carbocycles. The van der Waals surface area contributed by atoms with Gasteiger partial charge in [0, 0.05) is 0 Å². The van der Waals surface area contributed by atoms with Crippen LogP contribution in [-0.4, -0.2) is 7.85 Å². The molecule has 4 aromatic rings. The van der Waals surface area contributed by atoms with Gasteiger partial charge >= 0.3 is 0 Å². The van der Waals surface area contributed by atoms with Crippen molar-refractivity contribution in [2.75, 3.05) is 0 Å². The summed E-state index contributed by atoms with van der Waals surface area (Å²) in [4.78, 5) is 0. The molecule has 0 nitrogen and oxygen atoms in total. The van der Waals surface area contributed by atoms with Crippen LogP contribution in [0.3, 0.4) is 0 Å². The Kier molecular flexibility index (Phi) is 4.22. The minimum absolute atomic E-state index is 1.25. The first-order chi connectivity index (χ1) is 12.3. The van der Waals surface area contributed by atoms with Crippen LogP contribution in [0.1, 0.15) is 0 Å². The average Bonchev–Trinajstić information content (AvgIpc) is 2.69. The molecule has 118 valence electrons. The summed E-state index contributed by atoms with van der Waals surface area (Å²) >= 11 is 0. The minimum Gasteiger partial charge on any atom is -0.0877 e. The molecule has 0 unspecified atom stereocenters. The summed E-state index contributed by atoms with van der Waals surface area (Å²) in [5.74, 6) is 0. The van der Waals surface area contributed by atoms with E-state index in [1.807, 2.05) is 0 Å². The molecule has 4 rings (SSSR count). The fourth-order valence-corrected chi connectivity index (χ4v) is 3.39. The molecule has 0 atom stereocenters. The molecule has 0 spiro atoms. The van der Waals surface area contributed by atoms with Crippen molar-refractivity contribution in [2.24, 2.45) is 0 Å². The highest BCUT2D eigenvalue weighted by molar-refractivity contribution is 6.33. The van der Waals surface area contributed by atoms with Gasteiger partial charge in [0.15, 0.2) is 0 Å². The van der Waals surface area contributed by atoms with Gasteiger partial charge < -0.3 is 0 Å². The molecule has 1 heteroatoms. The van der Waals surface area contributed by atoms with Gasteiger partial charge in [-0.05, 0) is 33.4 Å². The van der Waals surface area contributed by atoms with Gasteiger partial charge in [-0.1, -0.05) is 109 Å². The van der Waals surface area contributed by atoms with Gasteiger partial charge in [-0.3, -0.25) is 0 Å². The molecule has 0 bridgehead atoms. The molecule has 0 radical (unpaired) electrons. The van der Waals surface area contributed by atoms with Crippen LogP contribution in [0.4, 0.5) is 0 Å². The van der Waals surface area contributed by atoms with Crippen LogP contribution in [0.25, 0.3) is 33.4 Å². The number of benzene rings is 4. The lowest BCUT2D eigenvalue weighted by Crippen LogP contribution is -2.05. The van der Waals surface area contributed by atoms with Crippen molar-refractivity contribution in [2.45, 2.75) is 0 Å². The second-order valence-electron chi connectivity index (χ2n) is 6.33. The highest BCUT2D eigenvalue weighted by atomic mass is 14.2. The van der Waals surface area contributed by atoms with Crippen molar-refractivity contribution in [3.8, 4) is 33.4 Å². The lowest BCUT2D eigenvalue weighted by Gasteiger charge is -2.18. The highest BCUT2D eigenvalue weighted by Gasteiger charge is 2.14. The standard InChI is InChI=1S/C24H19B/c25-21-16-22(18-10-4-1-5-11-18)24(20-14-8-3-9-15-20)23(17-21)19-12-6-2-7-13-19/h1-17H,25H2. The summed E-state index contributed by atoms with van der Waals surface area (Å²) in [6.45, 7) is 0. The lowest BCUT2D eigenvalue weighted by atomic mass is 9.82. The lowest BCUT2D eigenvalue weighted by molar-refractivity contribution is 1.57. The Hall–Kier alpha value is -3.06. The van der Waals surface area contributed by atoms with E-state index in [2.05, 4.69) is 111 Å². The fraction of sp³-hybridized carbons (Fsp3) is 0. The molecule has 25 heavy (non-hydrogen) atoms. The van der Waals surface area contributed by atoms with Gasteiger partial charge in [-0.2, -0.15) is 0 Å². The largest absolute Gasteiger partial charge is 0.139 e. The molecule has 0 aliphatic rings. The van der Waals surface area contributed by atoms with E-state index in [-0.39, 0.29) is 0 Å². The first-order valence-corrected chi connectivity index (χ1v) is 8.64. The van der Waals surface area contributed by atoms with Gasteiger partial charge in [0.1, 0.15) is 7.85 Å². The summed E-state index contributed by atoms with van der Waals surface area (Å²) in [6, 6.07) is 36.6. The summed E-state index contributed by atoms with van der Waals surface area (Å²) in [7, 11) is 2.17. The monoisotopic (exact) mass is 318 g/mol. The van der Waals surface area contributed by atoms with Crippen LogP contribution in [0.2, 0.25) is 0 Å². The van der Waals surface area contributed by atoms with E-state index < -0.39 is 0 Å². The Morgan fingerprint density at radius 3 is 1.20 bits per heavy atom. The van der Waals surface area contributed by atoms with Gasteiger partial charge in [-0.25, -0.2) is 0 Å². The van der Waals surface area contributed by atoms with Crippen LogP contribution in [0.15, 0.2) is 103 Å². The van der Waals surface area contributed by atoms with Crippen LogP contribution in [-0.2, 0) is 0 Å². The van der Waals surface area contributed by atoms with E-state index in [1.165, 1.54) is 38.8 Å². The van der Waals surface area contributed by atoms with E-state index in [1.54, 1.807) is 0 Å². The topological polar surface area (TPSA) is 0 Å². The van der Waals surface area contributed by atoms with Gasteiger partial charge in [0.05, 0.1) is 0 Å². The summed E-state index contributed by atoms with van der Waals surface area (Å²) in [5, 5.41) is 0. The van der Waals surface area contributed by atoms with Gasteiger partial charge in [-0.15, -0.1) is 0 Å². The fourth-order valence-electron chi connectivity index (χ4n) is 3.39. The second-order valence-corrected chi connectivity index (χ2v) is 6.33. The van der Waals surface area contributed by atoms with Crippen molar-refractivity contribution in [1.29, 1.82) is 0 Å². The zero-order chi connectivity index (χ0) is 17.1. The number of hydrogen-bond donors (Lipinski definition) is 0.